The van der Waals surface area contributed by atoms with Gasteiger partial charge in [-0.15, -0.1) is 0 Å². The Morgan fingerprint density at radius 2 is 2.33 bits per heavy atom. The van der Waals surface area contributed by atoms with Crippen LogP contribution in [0.4, 0.5) is 0 Å². The zero-order chi connectivity index (χ0) is 9.40. The number of aliphatic imine (C=N–C) groups is 1. The van der Waals surface area contributed by atoms with Gasteiger partial charge in [-0.2, -0.15) is 0 Å². The fraction of sp³-hybridized carbons (Fsp3) is 0.333. The largest absolute Gasteiger partial charge is 0.427 e. The molecule has 0 heterocycles. The summed E-state index contributed by atoms with van der Waals surface area (Å²) < 4.78 is 4.86. The second-order valence-corrected chi connectivity index (χ2v) is 2.01. The molecule has 3 heteroatoms. The van der Waals surface area contributed by atoms with Gasteiger partial charge in [-0.25, -0.2) is 0 Å². The second kappa shape index (κ2) is 6.34. The summed E-state index contributed by atoms with van der Waals surface area (Å²) in [6, 6.07) is 0. The lowest BCUT2D eigenvalue weighted by atomic mass is 10.4. The summed E-state index contributed by atoms with van der Waals surface area (Å²) in [4.78, 5) is 14.5. The molecule has 0 aliphatic heterocycles. The maximum Gasteiger partial charge on any atom is 0.310 e. The Hall–Kier alpha value is -1.38. The van der Waals surface area contributed by atoms with Crippen molar-refractivity contribution >= 4 is 12.2 Å². The highest BCUT2D eigenvalue weighted by Crippen LogP contribution is 1.99. The van der Waals surface area contributed by atoms with Crippen LogP contribution in [-0.4, -0.2) is 19.2 Å². The van der Waals surface area contributed by atoms with Crippen LogP contribution in [0.3, 0.4) is 0 Å². The summed E-state index contributed by atoms with van der Waals surface area (Å²) in [7, 11) is 1.64. The highest BCUT2D eigenvalue weighted by molar-refractivity contribution is 5.75. The number of carbonyl (C=O) groups is 1. The van der Waals surface area contributed by atoms with Crippen molar-refractivity contribution in [1.29, 1.82) is 0 Å². The first-order valence-corrected chi connectivity index (χ1v) is 3.70. The van der Waals surface area contributed by atoms with Crippen molar-refractivity contribution in [2.24, 2.45) is 4.99 Å². The summed E-state index contributed by atoms with van der Waals surface area (Å²) in [6.07, 6.45) is 4.95. The Kier molecular flexibility index (Phi) is 5.61. The van der Waals surface area contributed by atoms with Gasteiger partial charge in [0.1, 0.15) is 5.76 Å². The molecule has 0 aromatic carbocycles. The topological polar surface area (TPSA) is 38.7 Å². The molecule has 0 bridgehead atoms. The van der Waals surface area contributed by atoms with E-state index in [0.29, 0.717) is 12.2 Å². The zero-order valence-electron chi connectivity index (χ0n) is 7.41. The fourth-order valence-corrected chi connectivity index (χ4v) is 0.495. The molecule has 0 amide bonds. The average Bonchev–Trinajstić information content (AvgIpc) is 2.11. The standard InChI is InChI=1S/C9H13NO2/c1-4-8(6-7-10-3)12-9(11)5-2/h4,6-7H,1,5H2,2-3H3/b8-6+,10-7?. The summed E-state index contributed by atoms with van der Waals surface area (Å²) in [5, 5.41) is 0. The van der Waals surface area contributed by atoms with E-state index in [9.17, 15) is 4.79 Å². The Morgan fingerprint density at radius 1 is 1.67 bits per heavy atom. The Bertz CT molecular complexity index is 217. The summed E-state index contributed by atoms with van der Waals surface area (Å²) in [5.74, 6) is 0.151. The van der Waals surface area contributed by atoms with E-state index >= 15 is 0 Å². The number of carbonyl (C=O) groups excluding carboxylic acids is 1. The molecule has 0 aliphatic rings. The predicted octanol–water partition coefficient (Wildman–Crippen LogP) is 1.71. The first kappa shape index (κ1) is 10.6. The first-order valence-electron chi connectivity index (χ1n) is 3.70. The Labute approximate surface area is 72.4 Å². The monoisotopic (exact) mass is 167 g/mol. The molecule has 0 saturated heterocycles. The van der Waals surface area contributed by atoms with Crippen LogP contribution < -0.4 is 0 Å². The van der Waals surface area contributed by atoms with Crippen molar-refractivity contribution < 1.29 is 9.53 Å². The van der Waals surface area contributed by atoms with Crippen molar-refractivity contribution in [2.45, 2.75) is 13.3 Å². The molecular weight excluding hydrogens is 154 g/mol. The quantitative estimate of drug-likeness (QED) is 0.277. The maximum atomic E-state index is 10.8. The van der Waals surface area contributed by atoms with E-state index < -0.39 is 0 Å². The molecule has 3 nitrogen and oxygen atoms in total. The van der Waals surface area contributed by atoms with Gasteiger partial charge < -0.3 is 4.74 Å². The van der Waals surface area contributed by atoms with E-state index in [-0.39, 0.29) is 5.97 Å². The molecular formula is C9H13NO2. The van der Waals surface area contributed by atoms with Crippen molar-refractivity contribution in [3.05, 3.63) is 24.5 Å². The van der Waals surface area contributed by atoms with Crippen molar-refractivity contribution in [3.63, 3.8) is 0 Å². The number of ether oxygens (including phenoxy) is 1. The molecule has 12 heavy (non-hydrogen) atoms. The highest BCUT2D eigenvalue weighted by Gasteiger charge is 1.99. The average molecular weight is 167 g/mol. The minimum absolute atomic E-state index is 0.273. The third kappa shape index (κ3) is 4.44. The van der Waals surface area contributed by atoms with Gasteiger partial charge in [0.2, 0.25) is 0 Å². The van der Waals surface area contributed by atoms with Crippen molar-refractivity contribution in [1.82, 2.24) is 0 Å². The van der Waals surface area contributed by atoms with Crippen LogP contribution >= 0.6 is 0 Å². The maximum absolute atomic E-state index is 10.8. The molecule has 0 rings (SSSR count). The van der Waals surface area contributed by atoms with Gasteiger partial charge in [0.15, 0.2) is 0 Å². The number of allylic oxidation sites excluding steroid dienone is 2. The van der Waals surface area contributed by atoms with Gasteiger partial charge in [0, 0.05) is 19.7 Å². The third-order valence-corrected chi connectivity index (χ3v) is 1.11. The van der Waals surface area contributed by atoms with Crippen LogP contribution in [0.25, 0.3) is 0 Å². The molecule has 0 aromatic heterocycles. The normalized spacial score (nSPS) is 11.7. The van der Waals surface area contributed by atoms with E-state index in [4.69, 9.17) is 4.74 Å². The lowest BCUT2D eigenvalue weighted by Gasteiger charge is -2.00. The minimum Gasteiger partial charge on any atom is -0.427 e. The lowest BCUT2D eigenvalue weighted by Crippen LogP contribution is -2.00. The molecule has 0 aliphatic carbocycles. The SMILES string of the molecule is C=C/C(=C\C=NC)OC(=O)CC. The van der Waals surface area contributed by atoms with Gasteiger partial charge in [0.05, 0.1) is 0 Å². The summed E-state index contributed by atoms with van der Waals surface area (Å²) in [6.45, 7) is 5.23. The van der Waals surface area contributed by atoms with Gasteiger partial charge >= 0.3 is 5.97 Å². The van der Waals surface area contributed by atoms with Crippen molar-refractivity contribution in [3.8, 4) is 0 Å². The van der Waals surface area contributed by atoms with E-state index in [2.05, 4.69) is 11.6 Å². The molecule has 66 valence electrons. The van der Waals surface area contributed by atoms with E-state index in [0.717, 1.165) is 0 Å². The number of rotatable bonds is 4. The molecule has 0 aromatic rings. The van der Waals surface area contributed by atoms with E-state index in [1.807, 2.05) is 0 Å². The molecule has 0 spiro atoms. The Morgan fingerprint density at radius 3 is 2.75 bits per heavy atom. The second-order valence-electron chi connectivity index (χ2n) is 2.01. The number of nitrogens with zero attached hydrogens (tertiary/aromatic N) is 1. The van der Waals surface area contributed by atoms with Crippen LogP contribution in [0, 0.1) is 0 Å². The number of hydrogen-bond acceptors (Lipinski definition) is 3. The van der Waals surface area contributed by atoms with Gasteiger partial charge in [-0.05, 0) is 12.2 Å². The number of esters is 1. The van der Waals surface area contributed by atoms with Gasteiger partial charge in [0.25, 0.3) is 0 Å². The molecule has 0 radical (unpaired) electrons. The predicted molar refractivity (Wildman–Crippen MR) is 49.1 cm³/mol. The van der Waals surface area contributed by atoms with Crippen LogP contribution in [0.5, 0.6) is 0 Å². The van der Waals surface area contributed by atoms with Crippen LogP contribution in [0.1, 0.15) is 13.3 Å². The summed E-state index contributed by atoms with van der Waals surface area (Å²) >= 11 is 0. The minimum atomic E-state index is -0.273. The zero-order valence-corrected chi connectivity index (χ0v) is 7.41. The van der Waals surface area contributed by atoms with E-state index in [1.54, 1.807) is 26.3 Å². The number of hydrogen-bond donors (Lipinski definition) is 0. The molecule has 0 N–H and O–H groups in total. The summed E-state index contributed by atoms with van der Waals surface area (Å²) in [5.41, 5.74) is 0. The highest BCUT2D eigenvalue weighted by atomic mass is 16.5. The van der Waals surface area contributed by atoms with Crippen LogP contribution in [0.2, 0.25) is 0 Å². The molecule has 0 unspecified atom stereocenters. The van der Waals surface area contributed by atoms with Gasteiger partial charge in [-0.1, -0.05) is 13.5 Å². The first-order chi connectivity index (χ1) is 5.74. The lowest BCUT2D eigenvalue weighted by molar-refractivity contribution is -0.138. The third-order valence-electron chi connectivity index (χ3n) is 1.11. The van der Waals surface area contributed by atoms with Crippen molar-refractivity contribution in [2.75, 3.05) is 7.05 Å². The molecule has 0 atom stereocenters. The smallest absolute Gasteiger partial charge is 0.310 e. The molecule has 0 saturated carbocycles. The Balaban J connectivity index is 4.17. The molecule has 0 fully saturated rings. The van der Waals surface area contributed by atoms with Crippen LogP contribution in [0.15, 0.2) is 29.5 Å². The van der Waals surface area contributed by atoms with E-state index in [1.165, 1.54) is 6.08 Å². The van der Waals surface area contributed by atoms with Gasteiger partial charge in [-0.3, -0.25) is 9.79 Å². The van der Waals surface area contributed by atoms with Crippen LogP contribution in [-0.2, 0) is 9.53 Å². The fourth-order valence-electron chi connectivity index (χ4n) is 0.495.